The molecule has 1 saturated heterocycles. The Morgan fingerprint density at radius 3 is 0.920 bits per heavy atom. The molecular weight excluding hydrogens is 936 g/mol. The van der Waals surface area contributed by atoms with Crippen LogP contribution in [0.25, 0.3) is 0 Å². The molecule has 0 aromatic rings. The summed E-state index contributed by atoms with van der Waals surface area (Å²) in [4.78, 5) is 31.1. The SMILES string of the molecule is CO[Si]1(C)O[Si](C)(O)O[Si](C)(O)O[Si](C)(OC)O[Si](C)(O)O1.[W].[W].[W]. The van der Waals surface area contributed by atoms with E-state index in [9.17, 15) is 14.4 Å². The predicted octanol–water partition coefficient (Wildman–Crippen LogP) is -0.811. The van der Waals surface area contributed by atoms with Crippen LogP contribution < -0.4 is 0 Å². The predicted molar refractivity (Wildman–Crippen MR) is 84.2 cm³/mol. The minimum Gasteiger partial charge on any atom is -0.391 e. The number of hydrogen-bond acceptors (Lipinski definition) is 10. The fourth-order valence-electron chi connectivity index (χ4n) is 2.00. The molecule has 1 fully saturated rings. The molecule has 1 heterocycles. The number of rotatable bonds is 2. The minimum absolute atomic E-state index is 0. The molecule has 3 N–H and O–H groups in total. The molecule has 18 heteroatoms. The Bertz CT molecular complexity index is 386. The molecule has 0 saturated carbocycles. The fourth-order valence-corrected chi connectivity index (χ4v) is 19.9. The third kappa shape index (κ3) is 10.9. The van der Waals surface area contributed by atoms with Gasteiger partial charge in [0.2, 0.25) is 0 Å². The minimum atomic E-state index is -3.84. The normalized spacial score (nSPS) is 45.4. The Kier molecular flexibility index (Phi) is 14.6. The van der Waals surface area contributed by atoms with Crippen molar-refractivity contribution in [1.29, 1.82) is 0 Å². The van der Waals surface area contributed by atoms with Gasteiger partial charge in [-0.15, -0.1) is 0 Å². The zero-order chi connectivity index (χ0) is 17.4. The van der Waals surface area contributed by atoms with Gasteiger partial charge in [0.1, 0.15) is 0 Å². The van der Waals surface area contributed by atoms with Crippen LogP contribution in [0.3, 0.4) is 0 Å². The molecule has 4 atom stereocenters. The maximum atomic E-state index is 10.4. The fraction of sp³-hybridized carbons (Fsp3) is 1.00. The molecule has 4 unspecified atom stereocenters. The van der Waals surface area contributed by atoms with Crippen LogP contribution in [-0.4, -0.2) is 72.6 Å². The van der Waals surface area contributed by atoms with Crippen molar-refractivity contribution in [3.05, 3.63) is 0 Å². The van der Waals surface area contributed by atoms with Crippen molar-refractivity contribution in [2.45, 2.75) is 32.7 Å². The van der Waals surface area contributed by atoms with E-state index in [2.05, 4.69) is 0 Å². The summed E-state index contributed by atoms with van der Waals surface area (Å²) in [5.74, 6) is 0. The van der Waals surface area contributed by atoms with E-state index >= 15 is 0 Å². The van der Waals surface area contributed by atoms with E-state index < -0.39 is 44.0 Å². The smallest absolute Gasteiger partial charge is 0.391 e. The summed E-state index contributed by atoms with van der Waals surface area (Å²) >= 11 is 0. The molecule has 1 aliphatic heterocycles. The van der Waals surface area contributed by atoms with Crippen molar-refractivity contribution in [1.82, 2.24) is 0 Å². The average Bonchev–Trinajstić information content (AvgIpc) is 2.22. The van der Waals surface area contributed by atoms with Crippen LogP contribution in [0, 0.1) is 0 Å². The van der Waals surface area contributed by atoms with Crippen LogP contribution in [0.4, 0.5) is 0 Å². The third-order valence-corrected chi connectivity index (χ3v) is 19.1. The van der Waals surface area contributed by atoms with Crippen LogP contribution in [0.1, 0.15) is 0 Å². The summed E-state index contributed by atoms with van der Waals surface area (Å²) in [6.07, 6.45) is 0. The van der Waals surface area contributed by atoms with Crippen LogP contribution in [0.2, 0.25) is 32.7 Å². The van der Waals surface area contributed by atoms with Gasteiger partial charge in [0.15, 0.2) is 0 Å². The van der Waals surface area contributed by atoms with Gasteiger partial charge in [-0.2, -0.15) is 0 Å². The van der Waals surface area contributed by atoms with Gasteiger partial charge in [-0.1, -0.05) is 0 Å². The van der Waals surface area contributed by atoms with Gasteiger partial charge in [-0.3, -0.25) is 0 Å². The van der Waals surface area contributed by atoms with E-state index in [1.165, 1.54) is 47.0 Å². The molecule has 150 valence electrons. The summed E-state index contributed by atoms with van der Waals surface area (Å²) in [6.45, 7) is 6.91. The zero-order valence-corrected chi connectivity index (χ0v) is 28.7. The number of hydrogen-bond donors (Lipinski definition) is 3. The van der Waals surface area contributed by atoms with E-state index in [1.54, 1.807) is 0 Å². The standard InChI is InChI=1S/C7H24O10Si5.3W/c1-11-21(6)14-18(3,8)13-19(4,9)15-22(7,12-2)17-20(5,10)16-21;;;/h8-10H,1-7H3;;;. The molecule has 10 nitrogen and oxygen atoms in total. The van der Waals surface area contributed by atoms with Crippen molar-refractivity contribution < 1.29 is 107 Å². The van der Waals surface area contributed by atoms with Crippen LogP contribution in [0.15, 0.2) is 0 Å². The molecule has 25 heavy (non-hydrogen) atoms. The molecule has 1 rings (SSSR count). The van der Waals surface area contributed by atoms with E-state index in [0.717, 1.165) is 0 Å². The third-order valence-electron chi connectivity index (χ3n) is 2.62. The van der Waals surface area contributed by atoms with E-state index in [1.807, 2.05) is 0 Å². The van der Waals surface area contributed by atoms with Crippen LogP contribution in [-0.2, 0) is 92.6 Å². The first-order chi connectivity index (χ1) is 9.66. The molecule has 0 aromatic carbocycles. The van der Waals surface area contributed by atoms with Gasteiger partial charge >= 0.3 is 44.0 Å². The molecule has 0 bridgehead atoms. The average molecular weight is 960 g/mol. The summed E-state index contributed by atoms with van der Waals surface area (Å²) in [6, 6.07) is 0. The summed E-state index contributed by atoms with van der Waals surface area (Å²) in [5.41, 5.74) is 0. The van der Waals surface area contributed by atoms with Crippen molar-refractivity contribution in [3.63, 3.8) is 0 Å². The first kappa shape index (κ1) is 32.4. The summed E-state index contributed by atoms with van der Waals surface area (Å²) in [5, 5.41) is 0. The Hall–Kier alpha value is 2.75. The molecule has 0 amide bonds. The zero-order valence-electron chi connectivity index (χ0n) is 14.9. The molecule has 0 spiro atoms. The van der Waals surface area contributed by atoms with Gasteiger partial charge < -0.3 is 43.8 Å². The molecule has 0 aromatic heterocycles. The monoisotopic (exact) mass is 960 g/mol. The second-order valence-corrected chi connectivity index (χ2v) is 19.1. The largest absolute Gasteiger partial charge is 0.482 e. The second kappa shape index (κ2) is 11.2. The van der Waals surface area contributed by atoms with E-state index in [4.69, 9.17) is 29.4 Å². The molecular formula is C7H24O10Si5W3. The molecule has 0 aliphatic carbocycles. The van der Waals surface area contributed by atoms with Gasteiger partial charge in [-0.05, 0) is 0 Å². The maximum Gasteiger partial charge on any atom is 0.482 e. The van der Waals surface area contributed by atoms with Crippen LogP contribution >= 0.6 is 0 Å². The second-order valence-electron chi connectivity index (χ2n) is 5.34. The van der Waals surface area contributed by atoms with E-state index in [0.29, 0.717) is 0 Å². The Morgan fingerprint density at radius 1 is 0.520 bits per heavy atom. The van der Waals surface area contributed by atoms with Gasteiger partial charge in [0.25, 0.3) is 0 Å². The maximum absolute atomic E-state index is 10.4. The summed E-state index contributed by atoms with van der Waals surface area (Å²) in [7, 11) is -15.7. The Morgan fingerprint density at radius 2 is 0.720 bits per heavy atom. The van der Waals surface area contributed by atoms with Crippen molar-refractivity contribution >= 4 is 44.0 Å². The Labute approximate surface area is 196 Å². The van der Waals surface area contributed by atoms with Crippen molar-refractivity contribution in [2.75, 3.05) is 14.2 Å². The van der Waals surface area contributed by atoms with Crippen LogP contribution in [0.5, 0.6) is 0 Å². The quantitative estimate of drug-likeness (QED) is 0.303. The van der Waals surface area contributed by atoms with E-state index in [-0.39, 0.29) is 63.2 Å². The topological polar surface area (TPSA) is 125 Å². The first-order valence-electron chi connectivity index (χ1n) is 6.44. The van der Waals surface area contributed by atoms with Gasteiger partial charge in [0.05, 0.1) is 0 Å². The molecule has 1 aliphatic rings. The molecule has 0 radical (unpaired) electrons. The first-order valence-corrected chi connectivity index (χ1v) is 17.7. The van der Waals surface area contributed by atoms with Gasteiger partial charge in [0, 0.05) is 110 Å². The summed E-state index contributed by atoms with van der Waals surface area (Å²) < 4.78 is 37.7. The van der Waals surface area contributed by atoms with Gasteiger partial charge in [-0.25, -0.2) is 0 Å². The Balaban J connectivity index is -0.00000161. The van der Waals surface area contributed by atoms with Crippen molar-refractivity contribution in [3.8, 4) is 0 Å². The van der Waals surface area contributed by atoms with Crippen molar-refractivity contribution in [2.24, 2.45) is 0 Å².